The Morgan fingerprint density at radius 3 is 2.50 bits per heavy atom. The van der Waals surface area contributed by atoms with Crippen LogP contribution in [0.25, 0.3) is 0 Å². The molecule has 0 N–H and O–H groups in total. The van der Waals surface area contributed by atoms with Gasteiger partial charge in [0.2, 0.25) is 0 Å². The Morgan fingerprint density at radius 1 is 1.33 bits per heavy atom. The van der Waals surface area contributed by atoms with E-state index in [1.165, 1.54) is 12.8 Å². The van der Waals surface area contributed by atoms with E-state index in [9.17, 15) is 0 Å². The Kier molecular flexibility index (Phi) is 6.90. The molecule has 0 aromatic heterocycles. The Hall–Kier alpha value is -0.480. The molecule has 12 heavy (non-hydrogen) atoms. The molecule has 0 amide bonds. The SMILES string of the molecule is CCCC(C)CC#CC(C)OC. The number of rotatable bonds is 4. The summed E-state index contributed by atoms with van der Waals surface area (Å²) in [6, 6.07) is 0. The lowest BCUT2D eigenvalue weighted by Gasteiger charge is -2.03. The van der Waals surface area contributed by atoms with Gasteiger partial charge in [0.05, 0.1) is 0 Å². The molecule has 0 aliphatic carbocycles. The van der Waals surface area contributed by atoms with Crippen molar-refractivity contribution < 1.29 is 4.74 Å². The lowest BCUT2D eigenvalue weighted by atomic mass is 10.0. The van der Waals surface area contributed by atoms with Crippen LogP contribution in [0.15, 0.2) is 0 Å². The zero-order valence-corrected chi connectivity index (χ0v) is 8.68. The fraction of sp³-hybridized carbons (Fsp3) is 0.818. The van der Waals surface area contributed by atoms with Crippen molar-refractivity contribution in [2.75, 3.05) is 7.11 Å². The van der Waals surface area contributed by atoms with E-state index in [0.29, 0.717) is 0 Å². The van der Waals surface area contributed by atoms with Gasteiger partial charge < -0.3 is 4.74 Å². The second kappa shape index (κ2) is 7.18. The highest BCUT2D eigenvalue weighted by atomic mass is 16.5. The van der Waals surface area contributed by atoms with Crippen molar-refractivity contribution in [2.45, 2.75) is 46.1 Å². The van der Waals surface area contributed by atoms with Gasteiger partial charge in [0.1, 0.15) is 6.10 Å². The standard InChI is InChI=1S/C11H20O/c1-5-7-10(2)8-6-9-11(3)12-4/h10-11H,5,7-8H2,1-4H3. The van der Waals surface area contributed by atoms with Crippen LogP contribution >= 0.6 is 0 Å². The molecular weight excluding hydrogens is 148 g/mol. The summed E-state index contributed by atoms with van der Waals surface area (Å²) in [6.45, 7) is 6.43. The van der Waals surface area contributed by atoms with Crippen molar-refractivity contribution >= 4 is 0 Å². The molecule has 0 spiro atoms. The quantitative estimate of drug-likeness (QED) is 0.586. The summed E-state index contributed by atoms with van der Waals surface area (Å²) in [7, 11) is 1.69. The normalized spacial score (nSPS) is 14.7. The summed E-state index contributed by atoms with van der Waals surface area (Å²) >= 11 is 0. The summed E-state index contributed by atoms with van der Waals surface area (Å²) in [5.74, 6) is 6.92. The van der Waals surface area contributed by atoms with Crippen LogP contribution in [0.3, 0.4) is 0 Å². The molecule has 0 radical (unpaired) electrons. The van der Waals surface area contributed by atoms with Crippen molar-refractivity contribution in [2.24, 2.45) is 5.92 Å². The average Bonchev–Trinajstić information content (AvgIpc) is 2.04. The lowest BCUT2D eigenvalue weighted by Crippen LogP contribution is -2.00. The number of ether oxygens (including phenoxy) is 1. The molecule has 1 nitrogen and oxygen atoms in total. The van der Waals surface area contributed by atoms with Crippen molar-refractivity contribution in [3.63, 3.8) is 0 Å². The van der Waals surface area contributed by atoms with Crippen molar-refractivity contribution in [3.8, 4) is 11.8 Å². The highest BCUT2D eigenvalue weighted by Crippen LogP contribution is 2.08. The predicted octanol–water partition coefficient (Wildman–Crippen LogP) is 2.85. The van der Waals surface area contributed by atoms with E-state index in [-0.39, 0.29) is 6.10 Å². The van der Waals surface area contributed by atoms with E-state index in [2.05, 4.69) is 25.7 Å². The maximum atomic E-state index is 5.02. The first-order valence-electron chi connectivity index (χ1n) is 4.71. The third kappa shape index (κ3) is 6.24. The predicted molar refractivity (Wildman–Crippen MR) is 52.9 cm³/mol. The van der Waals surface area contributed by atoms with Crippen LogP contribution < -0.4 is 0 Å². The lowest BCUT2D eigenvalue weighted by molar-refractivity contribution is 0.163. The topological polar surface area (TPSA) is 9.23 Å². The van der Waals surface area contributed by atoms with Gasteiger partial charge in [-0.05, 0) is 12.8 Å². The molecule has 0 aromatic carbocycles. The highest BCUT2D eigenvalue weighted by Gasteiger charge is 1.96. The minimum atomic E-state index is 0.0822. The highest BCUT2D eigenvalue weighted by molar-refractivity contribution is 5.04. The van der Waals surface area contributed by atoms with Crippen LogP contribution in [0, 0.1) is 17.8 Å². The molecule has 0 saturated carbocycles. The van der Waals surface area contributed by atoms with Crippen LogP contribution in [-0.2, 0) is 4.74 Å². The first-order chi connectivity index (χ1) is 5.70. The molecule has 0 fully saturated rings. The van der Waals surface area contributed by atoms with E-state index in [4.69, 9.17) is 4.74 Å². The number of hydrogen-bond donors (Lipinski definition) is 0. The number of hydrogen-bond acceptors (Lipinski definition) is 1. The summed E-state index contributed by atoms with van der Waals surface area (Å²) in [6.07, 6.45) is 3.61. The van der Waals surface area contributed by atoms with Crippen LogP contribution in [0.5, 0.6) is 0 Å². The molecule has 0 aliphatic heterocycles. The molecule has 2 unspecified atom stereocenters. The fourth-order valence-corrected chi connectivity index (χ4v) is 1.03. The van der Waals surface area contributed by atoms with Gasteiger partial charge in [-0.1, -0.05) is 32.6 Å². The van der Waals surface area contributed by atoms with Gasteiger partial charge in [-0.15, -0.1) is 5.92 Å². The number of methoxy groups -OCH3 is 1. The van der Waals surface area contributed by atoms with Gasteiger partial charge in [0, 0.05) is 13.5 Å². The van der Waals surface area contributed by atoms with Gasteiger partial charge in [0.15, 0.2) is 0 Å². The summed E-state index contributed by atoms with van der Waals surface area (Å²) < 4.78 is 5.02. The molecule has 2 atom stereocenters. The van der Waals surface area contributed by atoms with Gasteiger partial charge in [0.25, 0.3) is 0 Å². The maximum Gasteiger partial charge on any atom is 0.115 e. The van der Waals surface area contributed by atoms with Gasteiger partial charge in [-0.25, -0.2) is 0 Å². The summed E-state index contributed by atoms with van der Waals surface area (Å²) in [5.41, 5.74) is 0. The van der Waals surface area contributed by atoms with Gasteiger partial charge in [-0.2, -0.15) is 0 Å². The first-order valence-corrected chi connectivity index (χ1v) is 4.71. The van der Waals surface area contributed by atoms with E-state index in [1.807, 2.05) is 6.92 Å². The second-order valence-electron chi connectivity index (χ2n) is 3.30. The maximum absolute atomic E-state index is 5.02. The molecule has 0 aliphatic rings. The molecule has 0 aromatic rings. The van der Waals surface area contributed by atoms with Crippen molar-refractivity contribution in [1.82, 2.24) is 0 Å². The van der Waals surface area contributed by atoms with Crippen LogP contribution in [0.1, 0.15) is 40.0 Å². The fourth-order valence-electron chi connectivity index (χ4n) is 1.03. The van der Waals surface area contributed by atoms with Gasteiger partial charge >= 0.3 is 0 Å². The molecule has 0 rings (SSSR count). The Bertz CT molecular complexity index is 152. The van der Waals surface area contributed by atoms with Crippen LogP contribution in [0.4, 0.5) is 0 Å². The molecule has 0 saturated heterocycles. The van der Waals surface area contributed by atoms with E-state index in [0.717, 1.165) is 12.3 Å². The minimum Gasteiger partial charge on any atom is -0.369 e. The molecule has 0 bridgehead atoms. The minimum absolute atomic E-state index is 0.0822. The molecule has 1 heteroatoms. The average molecular weight is 168 g/mol. The zero-order chi connectivity index (χ0) is 9.40. The third-order valence-electron chi connectivity index (χ3n) is 1.89. The second-order valence-corrected chi connectivity index (χ2v) is 3.30. The monoisotopic (exact) mass is 168 g/mol. The molecular formula is C11H20O. The Labute approximate surface area is 76.5 Å². The van der Waals surface area contributed by atoms with E-state index in [1.54, 1.807) is 7.11 Å². The van der Waals surface area contributed by atoms with Crippen molar-refractivity contribution in [1.29, 1.82) is 0 Å². The first kappa shape index (κ1) is 11.5. The summed E-state index contributed by atoms with van der Waals surface area (Å²) in [4.78, 5) is 0. The largest absolute Gasteiger partial charge is 0.369 e. The Morgan fingerprint density at radius 2 is 2.00 bits per heavy atom. The summed E-state index contributed by atoms with van der Waals surface area (Å²) in [5, 5.41) is 0. The zero-order valence-electron chi connectivity index (χ0n) is 8.68. The van der Waals surface area contributed by atoms with Crippen molar-refractivity contribution in [3.05, 3.63) is 0 Å². The molecule has 0 heterocycles. The van der Waals surface area contributed by atoms with Crippen LogP contribution in [0.2, 0.25) is 0 Å². The Balaban J connectivity index is 3.55. The van der Waals surface area contributed by atoms with E-state index < -0.39 is 0 Å². The van der Waals surface area contributed by atoms with Gasteiger partial charge in [-0.3, -0.25) is 0 Å². The smallest absolute Gasteiger partial charge is 0.115 e. The van der Waals surface area contributed by atoms with Crippen LogP contribution in [-0.4, -0.2) is 13.2 Å². The third-order valence-corrected chi connectivity index (χ3v) is 1.89. The molecule has 70 valence electrons. The van der Waals surface area contributed by atoms with E-state index >= 15 is 0 Å².